The summed E-state index contributed by atoms with van der Waals surface area (Å²) >= 11 is 0. The molecule has 202 valence electrons. The lowest BCUT2D eigenvalue weighted by Gasteiger charge is -2.34. The highest BCUT2D eigenvalue weighted by atomic mass is 16.6. The molecule has 0 bridgehead atoms. The van der Waals surface area contributed by atoms with Gasteiger partial charge in [0.15, 0.2) is 0 Å². The molecule has 5 heteroatoms. The molecule has 5 rings (SSSR count). The molecule has 0 spiro atoms. The summed E-state index contributed by atoms with van der Waals surface area (Å²) in [7, 11) is 0. The molecule has 39 heavy (non-hydrogen) atoms. The number of benzene rings is 4. The maximum absolute atomic E-state index is 6.66. The van der Waals surface area contributed by atoms with E-state index in [-0.39, 0.29) is 24.4 Å². The summed E-state index contributed by atoms with van der Waals surface area (Å²) in [5.41, 5.74) is 4.48. The van der Waals surface area contributed by atoms with Gasteiger partial charge in [0.2, 0.25) is 0 Å². The van der Waals surface area contributed by atoms with Crippen LogP contribution in [0.1, 0.15) is 22.3 Å². The molecule has 1 saturated heterocycles. The van der Waals surface area contributed by atoms with Crippen molar-refractivity contribution in [3.8, 4) is 0 Å². The second-order valence-electron chi connectivity index (χ2n) is 9.85. The van der Waals surface area contributed by atoms with Crippen LogP contribution in [0.2, 0.25) is 0 Å². The largest absolute Gasteiger partial charge is 0.369 e. The van der Waals surface area contributed by atoms with Crippen LogP contribution >= 0.6 is 0 Å². The van der Waals surface area contributed by atoms with Crippen molar-refractivity contribution >= 4 is 0 Å². The van der Waals surface area contributed by atoms with Gasteiger partial charge in [-0.3, -0.25) is 0 Å². The SMILES string of the molecule is c1ccc(CO[C@H]2[C@H](OCc3ccccc3)[C@H](OCc3ccccc3)CNC[C@H]2OCc2ccccc2)cc1. The molecule has 1 aliphatic rings. The first-order valence-corrected chi connectivity index (χ1v) is 13.7. The predicted octanol–water partition coefficient (Wildman–Crippen LogP) is 5.93. The van der Waals surface area contributed by atoms with Crippen LogP contribution in [0.15, 0.2) is 121 Å². The van der Waals surface area contributed by atoms with Gasteiger partial charge in [-0.05, 0) is 22.3 Å². The van der Waals surface area contributed by atoms with Crippen LogP contribution in [0, 0.1) is 0 Å². The average molecular weight is 524 g/mol. The van der Waals surface area contributed by atoms with Crippen molar-refractivity contribution in [2.75, 3.05) is 13.1 Å². The number of nitrogens with one attached hydrogen (secondary N) is 1. The third-order valence-electron chi connectivity index (χ3n) is 6.93. The topological polar surface area (TPSA) is 49.0 Å². The molecule has 0 amide bonds. The molecule has 4 aromatic rings. The van der Waals surface area contributed by atoms with E-state index in [2.05, 4.69) is 53.8 Å². The summed E-state index contributed by atoms with van der Waals surface area (Å²) < 4.78 is 26.4. The zero-order chi connectivity index (χ0) is 26.5. The molecule has 0 aromatic heterocycles. The fourth-order valence-electron chi connectivity index (χ4n) is 4.82. The number of rotatable bonds is 12. The molecule has 0 radical (unpaired) electrons. The van der Waals surface area contributed by atoms with E-state index >= 15 is 0 Å². The van der Waals surface area contributed by atoms with Crippen LogP contribution in [0.25, 0.3) is 0 Å². The van der Waals surface area contributed by atoms with Crippen molar-refractivity contribution in [3.63, 3.8) is 0 Å². The van der Waals surface area contributed by atoms with Gasteiger partial charge >= 0.3 is 0 Å². The second-order valence-corrected chi connectivity index (χ2v) is 9.85. The van der Waals surface area contributed by atoms with E-state index in [9.17, 15) is 0 Å². The lowest BCUT2D eigenvalue weighted by molar-refractivity contribution is -0.179. The van der Waals surface area contributed by atoms with Gasteiger partial charge in [0.1, 0.15) is 12.2 Å². The van der Waals surface area contributed by atoms with Gasteiger partial charge in [-0.1, -0.05) is 121 Å². The maximum Gasteiger partial charge on any atom is 0.114 e. The Morgan fingerprint density at radius 3 is 1.00 bits per heavy atom. The van der Waals surface area contributed by atoms with Crippen LogP contribution < -0.4 is 5.32 Å². The third-order valence-corrected chi connectivity index (χ3v) is 6.93. The minimum atomic E-state index is -0.339. The second kappa shape index (κ2) is 14.7. The summed E-state index contributed by atoms with van der Waals surface area (Å²) in [5.74, 6) is 0. The van der Waals surface area contributed by atoms with Crippen molar-refractivity contribution in [1.82, 2.24) is 5.32 Å². The van der Waals surface area contributed by atoms with Gasteiger partial charge in [0.25, 0.3) is 0 Å². The van der Waals surface area contributed by atoms with Crippen molar-refractivity contribution in [2.45, 2.75) is 50.8 Å². The predicted molar refractivity (Wildman–Crippen MR) is 153 cm³/mol. The highest BCUT2D eigenvalue weighted by Gasteiger charge is 2.40. The monoisotopic (exact) mass is 523 g/mol. The van der Waals surface area contributed by atoms with Crippen LogP contribution in [-0.4, -0.2) is 37.5 Å². The Balaban J connectivity index is 1.38. The molecule has 0 aliphatic carbocycles. The number of hydrogen-bond donors (Lipinski definition) is 1. The highest BCUT2D eigenvalue weighted by Crippen LogP contribution is 2.24. The maximum atomic E-state index is 6.66. The smallest absolute Gasteiger partial charge is 0.114 e. The normalized spacial score (nSPS) is 21.3. The molecule has 1 fully saturated rings. The minimum absolute atomic E-state index is 0.222. The quantitative estimate of drug-likeness (QED) is 0.249. The Hall–Kier alpha value is -3.32. The van der Waals surface area contributed by atoms with Crippen molar-refractivity contribution in [3.05, 3.63) is 144 Å². The Bertz CT molecular complexity index is 1110. The molecule has 4 aromatic carbocycles. The average Bonchev–Trinajstić information content (AvgIpc) is 3.17. The lowest BCUT2D eigenvalue weighted by atomic mass is 10.0. The van der Waals surface area contributed by atoms with Crippen LogP contribution in [0.5, 0.6) is 0 Å². The van der Waals surface area contributed by atoms with Crippen molar-refractivity contribution < 1.29 is 18.9 Å². The summed E-state index contributed by atoms with van der Waals surface area (Å²) in [5, 5.41) is 3.57. The van der Waals surface area contributed by atoms with Crippen molar-refractivity contribution in [1.29, 1.82) is 0 Å². The molecule has 1 aliphatic heterocycles. The van der Waals surface area contributed by atoms with E-state index in [1.165, 1.54) is 0 Å². The van der Waals surface area contributed by atoms with Gasteiger partial charge in [0, 0.05) is 13.1 Å². The van der Waals surface area contributed by atoms with Crippen molar-refractivity contribution in [2.24, 2.45) is 0 Å². The van der Waals surface area contributed by atoms with Gasteiger partial charge in [-0.25, -0.2) is 0 Å². The fourth-order valence-corrected chi connectivity index (χ4v) is 4.82. The van der Waals surface area contributed by atoms with E-state index in [0.29, 0.717) is 39.5 Å². The molecule has 4 atom stereocenters. The first-order valence-electron chi connectivity index (χ1n) is 13.7. The number of ether oxygens (including phenoxy) is 4. The van der Waals surface area contributed by atoms with Crippen LogP contribution in [-0.2, 0) is 45.4 Å². The van der Waals surface area contributed by atoms with Gasteiger partial charge in [-0.2, -0.15) is 0 Å². The van der Waals surface area contributed by atoms with E-state index in [1.54, 1.807) is 0 Å². The molecular formula is C34H37NO4. The first-order chi connectivity index (χ1) is 19.3. The number of hydrogen-bond acceptors (Lipinski definition) is 5. The zero-order valence-corrected chi connectivity index (χ0v) is 22.2. The molecule has 1 N–H and O–H groups in total. The fraction of sp³-hybridized carbons (Fsp3) is 0.294. The Labute approximate surface area is 231 Å². The molecule has 0 unspecified atom stereocenters. The Morgan fingerprint density at radius 1 is 0.410 bits per heavy atom. The van der Waals surface area contributed by atoms with E-state index in [1.807, 2.05) is 72.8 Å². The van der Waals surface area contributed by atoms with Gasteiger partial charge in [-0.15, -0.1) is 0 Å². The Kier molecular flexibility index (Phi) is 10.3. The highest BCUT2D eigenvalue weighted by molar-refractivity contribution is 5.16. The van der Waals surface area contributed by atoms with E-state index in [0.717, 1.165) is 22.3 Å². The standard InChI is InChI=1S/C34H37NO4/c1-5-13-27(14-6-1)23-36-31-21-35-22-32(37-24-28-15-7-2-8-16-28)34(39-26-30-19-11-4-12-20-30)33(31)38-25-29-17-9-3-10-18-29/h1-20,31-35H,21-26H2/t31-,32-,33-,34-/m1/s1. The molecular weight excluding hydrogens is 486 g/mol. The van der Waals surface area contributed by atoms with E-state index in [4.69, 9.17) is 18.9 Å². The molecule has 1 heterocycles. The summed E-state index contributed by atoms with van der Waals surface area (Å²) in [6, 6.07) is 41.0. The first kappa shape index (κ1) is 27.3. The minimum Gasteiger partial charge on any atom is -0.369 e. The van der Waals surface area contributed by atoms with Crippen LogP contribution in [0.4, 0.5) is 0 Å². The molecule has 0 saturated carbocycles. The van der Waals surface area contributed by atoms with Gasteiger partial charge < -0.3 is 24.3 Å². The van der Waals surface area contributed by atoms with Gasteiger partial charge in [0.05, 0.1) is 38.6 Å². The zero-order valence-electron chi connectivity index (χ0n) is 22.2. The summed E-state index contributed by atoms with van der Waals surface area (Å²) in [6.45, 7) is 3.21. The molecule has 5 nitrogen and oxygen atoms in total. The third kappa shape index (κ3) is 8.33. The van der Waals surface area contributed by atoms with E-state index < -0.39 is 0 Å². The summed E-state index contributed by atoms with van der Waals surface area (Å²) in [6.07, 6.45) is -1.12. The van der Waals surface area contributed by atoms with Crippen LogP contribution in [0.3, 0.4) is 0 Å². The Morgan fingerprint density at radius 2 is 0.692 bits per heavy atom. The summed E-state index contributed by atoms with van der Waals surface area (Å²) in [4.78, 5) is 0. The lowest BCUT2D eigenvalue weighted by Crippen LogP contribution is -2.49.